The fourth-order valence-electron chi connectivity index (χ4n) is 3.08. The van der Waals surface area contributed by atoms with Crippen molar-refractivity contribution in [1.82, 2.24) is 0 Å². The van der Waals surface area contributed by atoms with Gasteiger partial charge in [-0.3, -0.25) is 9.59 Å². The minimum atomic E-state index is -0.682. The Kier molecular flexibility index (Phi) is 4.11. The number of Topliss-reactive ketones (excluding diaryl/α,β-unsaturated/α-hetero) is 2. The smallest absolute Gasteiger partial charge is 0.141 e. The summed E-state index contributed by atoms with van der Waals surface area (Å²) < 4.78 is 6.00. The van der Waals surface area contributed by atoms with E-state index < -0.39 is 5.92 Å². The molecule has 1 atom stereocenters. The van der Waals surface area contributed by atoms with Crippen LogP contribution >= 0.6 is 0 Å². The van der Waals surface area contributed by atoms with Crippen molar-refractivity contribution in [2.45, 2.75) is 19.8 Å². The minimum absolute atomic E-state index is 0.122. The molecule has 0 radical (unpaired) electrons. The number of hydrogen-bond acceptors (Lipinski definition) is 3. The number of carbonyl (C=O) groups is 2. The molecule has 1 aliphatic rings. The Balaban J connectivity index is 2.12. The lowest BCUT2D eigenvalue weighted by molar-refractivity contribution is -0.130. The van der Waals surface area contributed by atoms with Gasteiger partial charge in [0.25, 0.3) is 0 Å². The maximum absolute atomic E-state index is 12.0. The summed E-state index contributed by atoms with van der Waals surface area (Å²) in [7, 11) is 0. The zero-order valence-electron chi connectivity index (χ0n) is 13.2. The number of ketones is 2. The normalized spacial score (nSPS) is 16.3. The topological polar surface area (TPSA) is 43.4 Å². The number of benzene rings is 2. The number of carbonyl (C=O) groups excluding carboxylic acids is 2. The SMILES string of the molecule is CC(=O)C(C(C)=O)C1C=C(c2ccccc2)Oc2ccccc21. The molecule has 0 N–H and O–H groups in total. The molecule has 0 aliphatic carbocycles. The lowest BCUT2D eigenvalue weighted by atomic mass is 9.79. The molecule has 3 rings (SSSR count). The van der Waals surface area contributed by atoms with Crippen LogP contribution in [-0.4, -0.2) is 11.6 Å². The van der Waals surface area contributed by atoms with Gasteiger partial charge < -0.3 is 4.74 Å². The lowest BCUT2D eigenvalue weighted by Crippen LogP contribution is -2.28. The first kappa shape index (κ1) is 15.2. The van der Waals surface area contributed by atoms with Crippen LogP contribution in [0.4, 0.5) is 0 Å². The molecule has 3 nitrogen and oxygen atoms in total. The van der Waals surface area contributed by atoms with E-state index in [1.807, 2.05) is 60.7 Å². The Labute approximate surface area is 135 Å². The van der Waals surface area contributed by atoms with Crippen molar-refractivity contribution < 1.29 is 14.3 Å². The number of hydrogen-bond donors (Lipinski definition) is 0. The molecule has 3 heteroatoms. The van der Waals surface area contributed by atoms with E-state index in [0.717, 1.165) is 11.1 Å². The number of para-hydroxylation sites is 1. The molecule has 1 heterocycles. The molecule has 0 spiro atoms. The molecular weight excluding hydrogens is 288 g/mol. The molecule has 23 heavy (non-hydrogen) atoms. The maximum Gasteiger partial charge on any atom is 0.141 e. The van der Waals surface area contributed by atoms with E-state index >= 15 is 0 Å². The standard InChI is InChI=1S/C20H18O3/c1-13(21)20(14(2)22)17-12-19(15-8-4-3-5-9-15)23-18-11-7-6-10-16(17)18/h3-12,17,20H,1-2H3. The van der Waals surface area contributed by atoms with Gasteiger partial charge in [0, 0.05) is 17.0 Å². The molecule has 0 bridgehead atoms. The van der Waals surface area contributed by atoms with Crippen LogP contribution < -0.4 is 4.74 Å². The number of fused-ring (bicyclic) bond motifs is 1. The first-order chi connectivity index (χ1) is 11.1. The number of rotatable bonds is 4. The summed E-state index contributed by atoms with van der Waals surface area (Å²) in [5.74, 6) is 0.155. The van der Waals surface area contributed by atoms with Gasteiger partial charge in [-0.1, -0.05) is 48.5 Å². The van der Waals surface area contributed by atoms with E-state index in [1.165, 1.54) is 13.8 Å². The molecule has 0 amide bonds. The van der Waals surface area contributed by atoms with E-state index in [2.05, 4.69) is 0 Å². The Bertz CT molecular complexity index is 760. The van der Waals surface area contributed by atoms with Crippen LogP contribution in [0.1, 0.15) is 30.9 Å². The van der Waals surface area contributed by atoms with Crippen molar-refractivity contribution in [2.75, 3.05) is 0 Å². The third kappa shape index (κ3) is 2.95. The largest absolute Gasteiger partial charge is 0.457 e. The highest BCUT2D eigenvalue weighted by Gasteiger charge is 2.34. The Morgan fingerprint density at radius 1 is 0.913 bits per heavy atom. The van der Waals surface area contributed by atoms with Gasteiger partial charge in [0.15, 0.2) is 0 Å². The van der Waals surface area contributed by atoms with E-state index in [4.69, 9.17) is 4.74 Å². The van der Waals surface area contributed by atoms with Gasteiger partial charge in [-0.05, 0) is 26.0 Å². The Hall–Kier alpha value is -2.68. The zero-order valence-corrected chi connectivity index (χ0v) is 13.2. The summed E-state index contributed by atoms with van der Waals surface area (Å²) >= 11 is 0. The van der Waals surface area contributed by atoms with Gasteiger partial charge in [-0.25, -0.2) is 0 Å². The van der Waals surface area contributed by atoms with E-state index in [-0.39, 0.29) is 17.5 Å². The summed E-state index contributed by atoms with van der Waals surface area (Å²) in [6.45, 7) is 2.94. The fourth-order valence-corrected chi connectivity index (χ4v) is 3.08. The molecule has 2 aromatic rings. The lowest BCUT2D eigenvalue weighted by Gasteiger charge is -2.28. The molecule has 0 fully saturated rings. The molecule has 116 valence electrons. The quantitative estimate of drug-likeness (QED) is 0.802. The second-order valence-electron chi connectivity index (χ2n) is 5.76. The second-order valence-corrected chi connectivity index (χ2v) is 5.76. The number of ether oxygens (including phenoxy) is 1. The molecule has 1 aliphatic heterocycles. The van der Waals surface area contributed by atoms with Crippen molar-refractivity contribution >= 4 is 17.3 Å². The van der Waals surface area contributed by atoms with Crippen molar-refractivity contribution in [1.29, 1.82) is 0 Å². The zero-order chi connectivity index (χ0) is 16.4. The van der Waals surface area contributed by atoms with Crippen LogP contribution in [0.2, 0.25) is 0 Å². The van der Waals surface area contributed by atoms with Crippen LogP contribution in [0, 0.1) is 5.92 Å². The first-order valence-corrected chi connectivity index (χ1v) is 7.63. The van der Waals surface area contributed by atoms with Crippen LogP contribution in [0.5, 0.6) is 5.75 Å². The minimum Gasteiger partial charge on any atom is -0.457 e. The van der Waals surface area contributed by atoms with Crippen LogP contribution in [0.25, 0.3) is 5.76 Å². The average molecular weight is 306 g/mol. The Morgan fingerprint density at radius 2 is 1.52 bits per heavy atom. The van der Waals surface area contributed by atoms with Crippen molar-refractivity contribution in [3.63, 3.8) is 0 Å². The molecular formula is C20H18O3. The average Bonchev–Trinajstić information content (AvgIpc) is 2.55. The van der Waals surface area contributed by atoms with Crippen molar-refractivity contribution in [3.8, 4) is 5.75 Å². The predicted octanol–water partition coefficient (Wildman–Crippen LogP) is 4.00. The van der Waals surface area contributed by atoms with Gasteiger partial charge in [-0.15, -0.1) is 0 Å². The van der Waals surface area contributed by atoms with Crippen molar-refractivity contribution in [2.24, 2.45) is 5.92 Å². The number of allylic oxidation sites excluding steroid dienone is 1. The summed E-state index contributed by atoms with van der Waals surface area (Å²) in [4.78, 5) is 24.1. The van der Waals surface area contributed by atoms with E-state index in [9.17, 15) is 9.59 Å². The molecule has 1 unspecified atom stereocenters. The van der Waals surface area contributed by atoms with Gasteiger partial charge in [0.05, 0.1) is 5.92 Å². The summed E-state index contributed by atoms with van der Waals surface area (Å²) in [5, 5.41) is 0. The highest BCUT2D eigenvalue weighted by atomic mass is 16.5. The molecule has 0 saturated carbocycles. The van der Waals surface area contributed by atoms with Crippen LogP contribution in [0.3, 0.4) is 0 Å². The summed E-state index contributed by atoms with van der Waals surface area (Å²) in [6, 6.07) is 17.3. The summed E-state index contributed by atoms with van der Waals surface area (Å²) in [5.41, 5.74) is 1.81. The Morgan fingerprint density at radius 3 is 2.17 bits per heavy atom. The monoisotopic (exact) mass is 306 g/mol. The highest BCUT2D eigenvalue weighted by molar-refractivity contribution is 6.02. The van der Waals surface area contributed by atoms with Gasteiger partial charge in [-0.2, -0.15) is 0 Å². The maximum atomic E-state index is 12.0. The predicted molar refractivity (Wildman–Crippen MR) is 89.1 cm³/mol. The molecule has 0 aromatic heterocycles. The third-order valence-corrected chi connectivity index (χ3v) is 4.12. The van der Waals surface area contributed by atoms with Crippen molar-refractivity contribution in [3.05, 3.63) is 71.8 Å². The van der Waals surface area contributed by atoms with Gasteiger partial charge in [0.1, 0.15) is 23.1 Å². The fraction of sp³-hybridized carbons (Fsp3) is 0.200. The third-order valence-electron chi connectivity index (χ3n) is 4.12. The van der Waals surface area contributed by atoms with Crippen LogP contribution in [0.15, 0.2) is 60.7 Å². The molecule has 0 saturated heterocycles. The van der Waals surface area contributed by atoms with Gasteiger partial charge in [0.2, 0.25) is 0 Å². The second kappa shape index (κ2) is 6.21. The molecule has 2 aromatic carbocycles. The highest BCUT2D eigenvalue weighted by Crippen LogP contribution is 2.41. The van der Waals surface area contributed by atoms with E-state index in [1.54, 1.807) is 0 Å². The van der Waals surface area contributed by atoms with Crippen LogP contribution in [-0.2, 0) is 9.59 Å². The summed E-state index contributed by atoms with van der Waals surface area (Å²) in [6.07, 6.45) is 1.89. The first-order valence-electron chi connectivity index (χ1n) is 7.63. The van der Waals surface area contributed by atoms with Gasteiger partial charge >= 0.3 is 0 Å². The van der Waals surface area contributed by atoms with E-state index in [0.29, 0.717) is 11.5 Å².